The van der Waals surface area contributed by atoms with Crippen LogP contribution in [0.15, 0.2) is 6.07 Å². The van der Waals surface area contributed by atoms with Gasteiger partial charge in [0.2, 0.25) is 0 Å². The molecule has 1 aromatic carbocycles. The van der Waals surface area contributed by atoms with Gasteiger partial charge in [-0.05, 0) is 130 Å². The van der Waals surface area contributed by atoms with Gasteiger partial charge in [0.15, 0.2) is 0 Å². The van der Waals surface area contributed by atoms with Crippen molar-refractivity contribution in [3.63, 3.8) is 0 Å². The molecule has 2 saturated carbocycles. The first kappa shape index (κ1) is 20.0. The Morgan fingerprint density at radius 3 is 2.31 bits per heavy atom. The molecule has 3 heteroatoms. The van der Waals surface area contributed by atoms with Crippen LogP contribution in [-0.2, 0) is 0 Å². The molecule has 2 aliphatic heterocycles. The summed E-state index contributed by atoms with van der Waals surface area (Å²) in [7, 11) is 0. The molecule has 29 heavy (non-hydrogen) atoms. The number of aliphatic hydroxyl groups excluding tert-OH is 1. The Morgan fingerprint density at radius 2 is 1.72 bits per heavy atom. The molecule has 1 spiro atoms. The molecule has 2 N–H and O–H groups in total. The highest BCUT2D eigenvalue weighted by Crippen LogP contribution is 2.46. The number of aliphatic hydroxyl groups is 1. The van der Waals surface area contributed by atoms with Crippen LogP contribution in [0.3, 0.4) is 0 Å². The van der Waals surface area contributed by atoms with Gasteiger partial charge in [-0.2, -0.15) is 0 Å². The van der Waals surface area contributed by atoms with Crippen molar-refractivity contribution in [2.24, 2.45) is 5.41 Å². The second-order valence-electron chi connectivity index (χ2n) is 10.9. The summed E-state index contributed by atoms with van der Waals surface area (Å²) in [6.45, 7) is 12.0. The van der Waals surface area contributed by atoms with E-state index in [4.69, 9.17) is 0 Å². The van der Waals surface area contributed by atoms with E-state index in [0.29, 0.717) is 17.3 Å². The van der Waals surface area contributed by atoms with Gasteiger partial charge in [-0.25, -0.2) is 0 Å². The summed E-state index contributed by atoms with van der Waals surface area (Å²) in [6, 6.07) is 3.36. The zero-order chi connectivity index (χ0) is 20.2. The highest BCUT2D eigenvalue weighted by molar-refractivity contribution is 5.48. The van der Waals surface area contributed by atoms with Crippen LogP contribution in [-0.4, -0.2) is 48.3 Å². The molecule has 4 fully saturated rings. The van der Waals surface area contributed by atoms with Crippen LogP contribution in [0.25, 0.3) is 0 Å². The summed E-state index contributed by atoms with van der Waals surface area (Å²) in [6.07, 6.45) is 9.92. The number of aryl methyl sites for hydroxylation is 1. The number of hydrogen-bond donors (Lipinski definition) is 2. The number of nitrogens with zero attached hydrogens (tertiary/aromatic N) is 1. The molecule has 1 aromatic rings. The van der Waals surface area contributed by atoms with Crippen molar-refractivity contribution >= 4 is 0 Å². The van der Waals surface area contributed by atoms with Gasteiger partial charge in [-0.1, -0.05) is 6.07 Å². The molecule has 2 saturated heterocycles. The van der Waals surface area contributed by atoms with Crippen molar-refractivity contribution in [1.82, 2.24) is 10.2 Å². The number of hydrogen-bond acceptors (Lipinski definition) is 3. The minimum Gasteiger partial charge on any atom is -0.393 e. The molecule has 4 aliphatic rings. The Kier molecular flexibility index (Phi) is 5.29. The molecule has 0 bridgehead atoms. The molecular weight excluding hydrogens is 356 g/mol. The fraction of sp³-hybridized carbons (Fsp3) is 0.769. The summed E-state index contributed by atoms with van der Waals surface area (Å²) >= 11 is 0. The van der Waals surface area contributed by atoms with Gasteiger partial charge < -0.3 is 15.3 Å². The quantitative estimate of drug-likeness (QED) is 0.786. The molecule has 5 rings (SSSR count). The zero-order valence-electron chi connectivity index (χ0n) is 18.8. The predicted octanol–water partition coefficient (Wildman–Crippen LogP) is 4.56. The van der Waals surface area contributed by atoms with Crippen LogP contribution in [0.2, 0.25) is 0 Å². The lowest BCUT2D eigenvalue weighted by atomic mass is 9.77. The first-order chi connectivity index (χ1) is 14.0. The fourth-order valence-electron chi connectivity index (χ4n) is 7.10. The molecule has 2 aliphatic carbocycles. The van der Waals surface area contributed by atoms with Crippen molar-refractivity contribution in [3.05, 3.63) is 33.9 Å². The third-order valence-corrected chi connectivity index (χ3v) is 9.22. The summed E-state index contributed by atoms with van der Waals surface area (Å²) in [4.78, 5) is 2.83. The van der Waals surface area contributed by atoms with Crippen LogP contribution in [0.5, 0.6) is 0 Å². The zero-order valence-corrected chi connectivity index (χ0v) is 18.8. The van der Waals surface area contributed by atoms with Gasteiger partial charge in [0.05, 0.1) is 6.10 Å². The van der Waals surface area contributed by atoms with E-state index in [9.17, 15) is 5.11 Å². The Hall–Kier alpha value is -0.900. The maximum absolute atomic E-state index is 10.2. The molecule has 3 atom stereocenters. The third kappa shape index (κ3) is 3.58. The van der Waals surface area contributed by atoms with E-state index < -0.39 is 0 Å². The van der Waals surface area contributed by atoms with E-state index in [1.807, 2.05) is 0 Å². The van der Waals surface area contributed by atoms with Gasteiger partial charge in [-0.3, -0.25) is 0 Å². The highest BCUT2D eigenvalue weighted by Gasteiger charge is 2.45. The number of likely N-dealkylation sites (tertiary alicyclic amines) is 1. The van der Waals surface area contributed by atoms with E-state index in [1.165, 1.54) is 75.0 Å². The topological polar surface area (TPSA) is 35.5 Å². The molecule has 2 heterocycles. The van der Waals surface area contributed by atoms with E-state index in [2.05, 4.69) is 37.1 Å². The number of benzene rings is 1. The highest BCUT2D eigenvalue weighted by atomic mass is 16.3. The lowest BCUT2D eigenvalue weighted by Gasteiger charge is -2.42. The molecule has 160 valence electrons. The van der Waals surface area contributed by atoms with E-state index in [-0.39, 0.29) is 6.10 Å². The summed E-state index contributed by atoms with van der Waals surface area (Å²) in [5.74, 6) is 1.27. The number of nitrogens with one attached hydrogen (secondary N) is 1. The Morgan fingerprint density at radius 1 is 0.966 bits per heavy atom. The molecule has 0 amide bonds. The smallest absolute Gasteiger partial charge is 0.0546 e. The Balaban J connectivity index is 1.32. The van der Waals surface area contributed by atoms with Crippen LogP contribution in [0.1, 0.15) is 91.0 Å². The summed E-state index contributed by atoms with van der Waals surface area (Å²) in [5, 5.41) is 13.7. The largest absolute Gasteiger partial charge is 0.393 e. The predicted molar refractivity (Wildman–Crippen MR) is 120 cm³/mol. The van der Waals surface area contributed by atoms with Crippen molar-refractivity contribution in [1.29, 1.82) is 0 Å². The summed E-state index contributed by atoms with van der Waals surface area (Å²) < 4.78 is 0. The SMILES string of the molecule is Cc1cc(C2CCN([C@@H]3CCC4(CNC4)C3)CC2)c(C2CCC(O)C2)c(C)c1C. The third-order valence-electron chi connectivity index (χ3n) is 9.22. The minimum absolute atomic E-state index is 0.0913. The van der Waals surface area contributed by atoms with Gasteiger partial charge in [-0.15, -0.1) is 0 Å². The maximum Gasteiger partial charge on any atom is 0.0546 e. The normalized spacial score (nSPS) is 32.8. The van der Waals surface area contributed by atoms with Crippen molar-refractivity contribution < 1.29 is 5.11 Å². The lowest BCUT2D eigenvalue weighted by Crippen LogP contribution is -2.52. The second kappa shape index (κ2) is 7.66. The van der Waals surface area contributed by atoms with Crippen molar-refractivity contribution in [2.45, 2.75) is 96.1 Å². The van der Waals surface area contributed by atoms with Gasteiger partial charge in [0, 0.05) is 19.1 Å². The fourth-order valence-corrected chi connectivity index (χ4v) is 7.10. The molecule has 2 unspecified atom stereocenters. The molecular formula is C26H40N2O. The average molecular weight is 397 g/mol. The number of rotatable bonds is 3. The van der Waals surface area contributed by atoms with Crippen LogP contribution in [0, 0.1) is 26.2 Å². The molecule has 3 nitrogen and oxygen atoms in total. The summed E-state index contributed by atoms with van der Waals surface area (Å²) in [5.41, 5.74) is 8.34. The minimum atomic E-state index is -0.0913. The standard InChI is InChI=1S/C26H40N2O/c1-17-12-24(25(19(3)18(17)2)21-4-5-23(29)13-21)20-7-10-28(11-8-20)22-6-9-26(14-22)15-27-16-26/h12,20-23,27,29H,4-11,13-16H2,1-3H3/t21?,22-,23?/m1/s1. The Bertz CT molecular complexity index is 760. The van der Waals surface area contributed by atoms with E-state index >= 15 is 0 Å². The second-order valence-corrected chi connectivity index (χ2v) is 10.9. The van der Waals surface area contributed by atoms with Crippen LogP contribution in [0.4, 0.5) is 0 Å². The first-order valence-electron chi connectivity index (χ1n) is 12.2. The van der Waals surface area contributed by atoms with Crippen LogP contribution >= 0.6 is 0 Å². The number of piperidine rings is 1. The van der Waals surface area contributed by atoms with E-state index in [0.717, 1.165) is 25.3 Å². The van der Waals surface area contributed by atoms with Gasteiger partial charge in [0.1, 0.15) is 0 Å². The van der Waals surface area contributed by atoms with E-state index in [1.54, 1.807) is 11.1 Å². The maximum atomic E-state index is 10.2. The van der Waals surface area contributed by atoms with Gasteiger partial charge in [0.25, 0.3) is 0 Å². The van der Waals surface area contributed by atoms with Gasteiger partial charge >= 0.3 is 0 Å². The lowest BCUT2D eigenvalue weighted by molar-refractivity contribution is 0.120. The van der Waals surface area contributed by atoms with Crippen LogP contribution < -0.4 is 5.32 Å². The Labute approximate surface area is 177 Å². The van der Waals surface area contributed by atoms with Crippen molar-refractivity contribution in [2.75, 3.05) is 26.2 Å². The molecule has 0 radical (unpaired) electrons. The molecule has 0 aromatic heterocycles. The first-order valence-corrected chi connectivity index (χ1v) is 12.2. The monoisotopic (exact) mass is 396 g/mol. The van der Waals surface area contributed by atoms with Crippen molar-refractivity contribution in [3.8, 4) is 0 Å². The average Bonchev–Trinajstić information content (AvgIpc) is 3.33.